The van der Waals surface area contributed by atoms with Crippen molar-refractivity contribution in [2.45, 2.75) is 40.5 Å². The predicted molar refractivity (Wildman–Crippen MR) is 74.7 cm³/mol. The Hall–Kier alpha value is -1.58. The molecule has 1 rings (SSSR count). The summed E-state index contributed by atoms with van der Waals surface area (Å²) in [5, 5.41) is 8.64. The molecule has 4 heteroatoms. The number of ether oxygens (including phenoxy) is 1. The average molecular weight is 268 g/mol. The van der Waals surface area contributed by atoms with E-state index in [0.29, 0.717) is 6.61 Å². The fourth-order valence-corrected chi connectivity index (χ4v) is 1.64. The first-order chi connectivity index (χ1) is 8.79. The van der Waals surface area contributed by atoms with Gasteiger partial charge < -0.3 is 9.84 Å². The second-order valence-corrected chi connectivity index (χ2v) is 5.11. The number of esters is 1. The van der Waals surface area contributed by atoms with Crippen molar-refractivity contribution in [2.24, 2.45) is 11.3 Å². The highest BCUT2D eigenvalue weighted by molar-refractivity contribution is 5.67. The third kappa shape index (κ3) is 8.19. The maximum absolute atomic E-state index is 10.5. The molecule has 0 saturated carbocycles. The Morgan fingerprint density at radius 3 is 2.32 bits per heavy atom. The molecule has 4 nitrogen and oxygen atoms in total. The standard InChI is InChI=1S/C10H14O2.C5H10O2/c1-10(2)6-4-3-5-8(10)7-9(11)12;1-3-4-7-5(2)6/h3-6,8H,7H2,1-2H3,(H,11,12);3-4H2,1-2H3. The van der Waals surface area contributed by atoms with Crippen molar-refractivity contribution < 1.29 is 19.4 Å². The minimum atomic E-state index is -0.729. The Balaban J connectivity index is 0.000000399. The van der Waals surface area contributed by atoms with Crippen molar-refractivity contribution >= 4 is 11.9 Å². The molecule has 0 radical (unpaired) electrons. The molecule has 0 aromatic heterocycles. The van der Waals surface area contributed by atoms with E-state index in [1.165, 1.54) is 6.92 Å². The minimum absolute atomic E-state index is 0.0207. The van der Waals surface area contributed by atoms with Gasteiger partial charge >= 0.3 is 11.9 Å². The van der Waals surface area contributed by atoms with Gasteiger partial charge in [0.2, 0.25) is 0 Å². The monoisotopic (exact) mass is 268 g/mol. The first kappa shape index (κ1) is 17.4. The molecule has 108 valence electrons. The zero-order valence-electron chi connectivity index (χ0n) is 12.2. The van der Waals surface area contributed by atoms with Crippen LogP contribution in [0.15, 0.2) is 24.3 Å². The Labute approximate surface area is 115 Å². The lowest BCUT2D eigenvalue weighted by atomic mass is 9.74. The van der Waals surface area contributed by atoms with Crippen LogP contribution in [0.25, 0.3) is 0 Å². The number of hydrogen-bond acceptors (Lipinski definition) is 3. The average Bonchev–Trinajstić information content (AvgIpc) is 2.29. The zero-order valence-corrected chi connectivity index (χ0v) is 12.2. The molecule has 1 unspecified atom stereocenters. The summed E-state index contributed by atoms with van der Waals surface area (Å²) in [6, 6.07) is 0. The first-order valence-electron chi connectivity index (χ1n) is 6.50. The number of carbonyl (C=O) groups is 2. The van der Waals surface area contributed by atoms with Gasteiger partial charge in [-0.2, -0.15) is 0 Å². The molecule has 0 fully saturated rings. The fourth-order valence-electron chi connectivity index (χ4n) is 1.64. The van der Waals surface area contributed by atoms with Crippen LogP contribution in [0.5, 0.6) is 0 Å². The van der Waals surface area contributed by atoms with Gasteiger partial charge in [0.1, 0.15) is 0 Å². The van der Waals surface area contributed by atoms with Gasteiger partial charge in [-0.15, -0.1) is 0 Å². The Kier molecular flexibility index (Phi) is 7.80. The summed E-state index contributed by atoms with van der Waals surface area (Å²) in [6.45, 7) is 8.04. The van der Waals surface area contributed by atoms with Crippen LogP contribution in [-0.4, -0.2) is 23.7 Å². The van der Waals surface area contributed by atoms with Gasteiger partial charge in [-0.1, -0.05) is 45.1 Å². The smallest absolute Gasteiger partial charge is 0.303 e. The molecule has 1 atom stereocenters. The number of allylic oxidation sites excluding steroid dienone is 4. The molecule has 0 bridgehead atoms. The molecule has 1 N–H and O–H groups in total. The summed E-state index contributed by atoms with van der Waals surface area (Å²) < 4.78 is 4.55. The van der Waals surface area contributed by atoms with Crippen molar-refractivity contribution in [1.29, 1.82) is 0 Å². The quantitative estimate of drug-likeness (QED) is 0.795. The number of rotatable bonds is 4. The minimum Gasteiger partial charge on any atom is -0.481 e. The number of carboxylic acid groups (broad SMARTS) is 1. The van der Waals surface area contributed by atoms with Crippen LogP contribution in [0.3, 0.4) is 0 Å². The third-order valence-corrected chi connectivity index (χ3v) is 2.84. The van der Waals surface area contributed by atoms with Gasteiger partial charge in [-0.3, -0.25) is 9.59 Å². The maximum Gasteiger partial charge on any atom is 0.303 e. The summed E-state index contributed by atoms with van der Waals surface area (Å²) >= 11 is 0. The highest BCUT2D eigenvalue weighted by atomic mass is 16.5. The number of carbonyl (C=O) groups excluding carboxylic acids is 1. The summed E-state index contributed by atoms with van der Waals surface area (Å²) in [5.74, 6) is -0.796. The van der Waals surface area contributed by atoms with Crippen molar-refractivity contribution in [2.75, 3.05) is 6.61 Å². The van der Waals surface area contributed by atoms with E-state index in [1.807, 2.05) is 25.2 Å². The van der Waals surface area contributed by atoms with E-state index >= 15 is 0 Å². The zero-order chi connectivity index (χ0) is 14.9. The van der Waals surface area contributed by atoms with E-state index < -0.39 is 5.97 Å². The van der Waals surface area contributed by atoms with Crippen LogP contribution < -0.4 is 0 Å². The molecule has 0 spiro atoms. The lowest BCUT2D eigenvalue weighted by Crippen LogP contribution is -2.24. The topological polar surface area (TPSA) is 63.6 Å². The third-order valence-electron chi connectivity index (χ3n) is 2.84. The van der Waals surface area contributed by atoms with Crippen LogP contribution in [0.1, 0.15) is 40.5 Å². The number of hydrogen-bond donors (Lipinski definition) is 1. The Morgan fingerprint density at radius 2 is 1.95 bits per heavy atom. The first-order valence-corrected chi connectivity index (χ1v) is 6.50. The number of aliphatic carboxylic acids is 1. The van der Waals surface area contributed by atoms with E-state index in [1.54, 1.807) is 0 Å². The largest absolute Gasteiger partial charge is 0.481 e. The maximum atomic E-state index is 10.5. The van der Waals surface area contributed by atoms with E-state index in [4.69, 9.17) is 5.11 Å². The summed E-state index contributed by atoms with van der Waals surface area (Å²) in [6.07, 6.45) is 9.03. The SMILES string of the molecule is CC1(C)C=CC=CC1CC(=O)O.CCCOC(C)=O. The highest BCUT2D eigenvalue weighted by Gasteiger charge is 2.27. The second-order valence-electron chi connectivity index (χ2n) is 5.11. The molecule has 0 amide bonds. The van der Waals surface area contributed by atoms with E-state index in [9.17, 15) is 9.59 Å². The van der Waals surface area contributed by atoms with Gasteiger partial charge in [0.25, 0.3) is 0 Å². The van der Waals surface area contributed by atoms with Gasteiger partial charge in [-0.05, 0) is 17.8 Å². The number of carboxylic acids is 1. The lowest BCUT2D eigenvalue weighted by molar-refractivity contribution is -0.141. The van der Waals surface area contributed by atoms with Crippen LogP contribution in [0.2, 0.25) is 0 Å². The van der Waals surface area contributed by atoms with Crippen LogP contribution in [-0.2, 0) is 14.3 Å². The fraction of sp³-hybridized carbons (Fsp3) is 0.600. The Bertz CT molecular complexity index is 353. The van der Waals surface area contributed by atoms with Gasteiger partial charge in [0.05, 0.1) is 13.0 Å². The molecule has 0 aromatic carbocycles. The molecule has 0 heterocycles. The summed E-state index contributed by atoms with van der Waals surface area (Å²) in [4.78, 5) is 20.5. The van der Waals surface area contributed by atoms with Crippen molar-refractivity contribution in [3.8, 4) is 0 Å². The van der Waals surface area contributed by atoms with Crippen LogP contribution in [0.4, 0.5) is 0 Å². The van der Waals surface area contributed by atoms with Crippen molar-refractivity contribution in [1.82, 2.24) is 0 Å². The second kappa shape index (κ2) is 8.51. The summed E-state index contributed by atoms with van der Waals surface area (Å²) in [7, 11) is 0. The Morgan fingerprint density at radius 1 is 1.32 bits per heavy atom. The lowest BCUT2D eigenvalue weighted by Gasteiger charge is -2.30. The van der Waals surface area contributed by atoms with E-state index in [-0.39, 0.29) is 23.7 Å². The normalized spacial score (nSPS) is 19.3. The van der Waals surface area contributed by atoms with Gasteiger partial charge in [0.15, 0.2) is 0 Å². The molecular formula is C15H24O4. The van der Waals surface area contributed by atoms with Gasteiger partial charge in [0, 0.05) is 6.92 Å². The van der Waals surface area contributed by atoms with Crippen LogP contribution >= 0.6 is 0 Å². The molecule has 1 aliphatic rings. The molecule has 1 aliphatic carbocycles. The molecule has 0 saturated heterocycles. The van der Waals surface area contributed by atoms with Crippen LogP contribution in [0, 0.1) is 11.3 Å². The molecule has 0 aliphatic heterocycles. The molecule has 0 aromatic rings. The molecular weight excluding hydrogens is 244 g/mol. The van der Waals surface area contributed by atoms with Gasteiger partial charge in [-0.25, -0.2) is 0 Å². The highest BCUT2D eigenvalue weighted by Crippen LogP contribution is 2.34. The van der Waals surface area contributed by atoms with Crippen molar-refractivity contribution in [3.63, 3.8) is 0 Å². The molecule has 19 heavy (non-hydrogen) atoms. The predicted octanol–water partition coefficient (Wildman–Crippen LogP) is 3.19. The van der Waals surface area contributed by atoms with E-state index in [2.05, 4.69) is 24.7 Å². The summed E-state index contributed by atoms with van der Waals surface area (Å²) in [5.41, 5.74) is -0.0207. The van der Waals surface area contributed by atoms with E-state index in [0.717, 1.165) is 6.42 Å². The van der Waals surface area contributed by atoms with Crippen molar-refractivity contribution in [3.05, 3.63) is 24.3 Å².